The Kier molecular flexibility index (Phi) is 5.01. The van der Waals surface area contributed by atoms with Gasteiger partial charge in [-0.1, -0.05) is 25.1 Å². The maximum atomic E-state index is 12.3. The predicted molar refractivity (Wildman–Crippen MR) is 78.7 cm³/mol. The fourth-order valence-corrected chi connectivity index (χ4v) is 3.81. The molecule has 0 amide bonds. The van der Waals surface area contributed by atoms with Crippen molar-refractivity contribution in [2.24, 2.45) is 5.92 Å². The number of benzene rings is 1. The van der Waals surface area contributed by atoms with Crippen LogP contribution >= 0.6 is 0 Å². The second-order valence-electron chi connectivity index (χ2n) is 5.24. The summed E-state index contributed by atoms with van der Waals surface area (Å²) in [7, 11) is -1.83. The van der Waals surface area contributed by atoms with Crippen LogP contribution in [0.4, 0.5) is 0 Å². The van der Waals surface area contributed by atoms with Crippen LogP contribution < -0.4 is 9.46 Å². The number of methoxy groups -OCH3 is 1. The number of hydrogen-bond donors (Lipinski definition) is 1. The first-order valence-electron chi connectivity index (χ1n) is 6.89. The standard InChI is InChI=1S/C14H22N2O3S/c1-12-6-5-9-16(11-12)20(17,18)15-10-13-7-3-4-8-14(13)19-2/h3-4,7-8,12,15H,5-6,9-11H2,1-2H3. The van der Waals surface area contributed by atoms with Crippen molar-refractivity contribution in [2.45, 2.75) is 26.3 Å². The van der Waals surface area contributed by atoms with Crippen molar-refractivity contribution >= 4 is 10.2 Å². The van der Waals surface area contributed by atoms with E-state index in [0.717, 1.165) is 18.4 Å². The van der Waals surface area contributed by atoms with Crippen molar-refractivity contribution < 1.29 is 13.2 Å². The molecule has 0 saturated carbocycles. The van der Waals surface area contributed by atoms with Crippen molar-refractivity contribution in [1.29, 1.82) is 0 Å². The van der Waals surface area contributed by atoms with E-state index in [4.69, 9.17) is 4.74 Å². The second-order valence-corrected chi connectivity index (χ2v) is 7.00. The van der Waals surface area contributed by atoms with Crippen molar-refractivity contribution in [3.05, 3.63) is 29.8 Å². The molecule has 1 saturated heterocycles. The molecule has 1 aromatic rings. The minimum Gasteiger partial charge on any atom is -0.496 e. The number of hydrogen-bond acceptors (Lipinski definition) is 3. The van der Waals surface area contributed by atoms with E-state index in [1.165, 1.54) is 4.31 Å². The second kappa shape index (κ2) is 6.56. The molecule has 1 aliphatic rings. The summed E-state index contributed by atoms with van der Waals surface area (Å²) in [5.74, 6) is 1.12. The molecule has 1 heterocycles. The summed E-state index contributed by atoms with van der Waals surface area (Å²) in [4.78, 5) is 0. The average molecular weight is 298 g/mol. The van der Waals surface area contributed by atoms with Gasteiger partial charge in [-0.3, -0.25) is 0 Å². The zero-order valence-electron chi connectivity index (χ0n) is 12.0. The number of nitrogens with zero attached hydrogens (tertiary/aromatic N) is 1. The monoisotopic (exact) mass is 298 g/mol. The molecule has 6 heteroatoms. The van der Waals surface area contributed by atoms with E-state index in [0.29, 0.717) is 24.8 Å². The average Bonchev–Trinajstić information content (AvgIpc) is 2.45. The van der Waals surface area contributed by atoms with Crippen LogP contribution in [0.5, 0.6) is 5.75 Å². The van der Waals surface area contributed by atoms with Crippen molar-refractivity contribution in [2.75, 3.05) is 20.2 Å². The van der Waals surface area contributed by atoms with Gasteiger partial charge in [0.05, 0.1) is 7.11 Å². The first-order chi connectivity index (χ1) is 9.53. The number of nitrogens with one attached hydrogen (secondary N) is 1. The highest BCUT2D eigenvalue weighted by molar-refractivity contribution is 7.87. The number of para-hydroxylation sites is 1. The Balaban J connectivity index is 2.02. The smallest absolute Gasteiger partial charge is 0.279 e. The molecule has 2 rings (SSSR count). The summed E-state index contributed by atoms with van der Waals surface area (Å²) in [6.45, 7) is 3.53. The van der Waals surface area contributed by atoms with E-state index in [2.05, 4.69) is 11.6 Å². The van der Waals surface area contributed by atoms with Gasteiger partial charge in [0.15, 0.2) is 0 Å². The molecule has 20 heavy (non-hydrogen) atoms. The quantitative estimate of drug-likeness (QED) is 0.901. The molecule has 1 aromatic carbocycles. The highest BCUT2D eigenvalue weighted by atomic mass is 32.2. The van der Waals surface area contributed by atoms with Gasteiger partial charge in [-0.25, -0.2) is 0 Å². The Bertz CT molecular complexity index is 545. The highest BCUT2D eigenvalue weighted by Crippen LogP contribution is 2.20. The fraction of sp³-hybridized carbons (Fsp3) is 0.571. The van der Waals surface area contributed by atoms with E-state index in [9.17, 15) is 8.42 Å². The van der Waals surface area contributed by atoms with Gasteiger partial charge in [0.1, 0.15) is 5.75 Å². The number of piperidine rings is 1. The summed E-state index contributed by atoms with van der Waals surface area (Å²) in [6, 6.07) is 7.42. The van der Waals surface area contributed by atoms with E-state index in [1.807, 2.05) is 24.3 Å². The molecular weight excluding hydrogens is 276 g/mol. The summed E-state index contributed by atoms with van der Waals surface area (Å²) in [5, 5.41) is 0. The van der Waals surface area contributed by atoms with Gasteiger partial charge >= 0.3 is 0 Å². The molecule has 0 aliphatic carbocycles. The largest absolute Gasteiger partial charge is 0.496 e. The lowest BCUT2D eigenvalue weighted by atomic mass is 10.0. The fourth-order valence-electron chi connectivity index (χ4n) is 2.47. The molecule has 1 N–H and O–H groups in total. The van der Waals surface area contributed by atoms with Crippen molar-refractivity contribution in [3.63, 3.8) is 0 Å². The zero-order chi connectivity index (χ0) is 14.6. The Morgan fingerprint density at radius 1 is 1.40 bits per heavy atom. The Labute approximate surface area is 121 Å². The SMILES string of the molecule is COc1ccccc1CNS(=O)(=O)N1CCCC(C)C1. The third kappa shape index (κ3) is 3.71. The normalized spacial score (nSPS) is 20.8. The topological polar surface area (TPSA) is 58.6 Å². The lowest BCUT2D eigenvalue weighted by molar-refractivity contribution is 0.278. The molecule has 0 spiro atoms. The molecule has 1 aliphatic heterocycles. The molecular formula is C14H22N2O3S. The van der Waals surface area contributed by atoms with Crippen molar-refractivity contribution in [3.8, 4) is 5.75 Å². The molecule has 0 aromatic heterocycles. The van der Waals surface area contributed by atoms with E-state index >= 15 is 0 Å². The predicted octanol–water partition coefficient (Wildman–Crippen LogP) is 1.76. The summed E-state index contributed by atoms with van der Waals surface area (Å²) < 4.78 is 34.0. The van der Waals surface area contributed by atoms with Crippen LogP contribution in [0.2, 0.25) is 0 Å². The van der Waals surface area contributed by atoms with Gasteiger partial charge in [0, 0.05) is 25.2 Å². The van der Waals surface area contributed by atoms with E-state index in [1.54, 1.807) is 7.11 Å². The first-order valence-corrected chi connectivity index (χ1v) is 8.33. The molecule has 112 valence electrons. The molecule has 0 bridgehead atoms. The van der Waals surface area contributed by atoms with Crippen LogP contribution in [0.25, 0.3) is 0 Å². The minimum atomic E-state index is -3.41. The summed E-state index contributed by atoms with van der Waals surface area (Å²) in [6.07, 6.45) is 2.02. The van der Waals surface area contributed by atoms with Crippen LogP contribution in [-0.2, 0) is 16.8 Å². The minimum absolute atomic E-state index is 0.247. The maximum Gasteiger partial charge on any atom is 0.279 e. The first kappa shape index (κ1) is 15.3. The van der Waals surface area contributed by atoms with Crippen LogP contribution in [-0.4, -0.2) is 32.9 Å². The molecule has 5 nitrogen and oxygen atoms in total. The lowest BCUT2D eigenvalue weighted by Crippen LogP contribution is -2.45. The third-order valence-corrected chi connectivity index (χ3v) is 5.12. The van der Waals surface area contributed by atoms with Crippen LogP contribution in [0.1, 0.15) is 25.3 Å². The van der Waals surface area contributed by atoms with Gasteiger partial charge in [0.2, 0.25) is 0 Å². The van der Waals surface area contributed by atoms with Gasteiger partial charge in [0.25, 0.3) is 10.2 Å². The van der Waals surface area contributed by atoms with E-state index < -0.39 is 10.2 Å². The maximum absolute atomic E-state index is 12.3. The third-order valence-electron chi connectivity index (χ3n) is 3.60. The summed E-state index contributed by atoms with van der Waals surface area (Å²) in [5.41, 5.74) is 0.837. The lowest BCUT2D eigenvalue weighted by Gasteiger charge is -2.30. The van der Waals surface area contributed by atoms with Crippen LogP contribution in [0.15, 0.2) is 24.3 Å². The Morgan fingerprint density at radius 2 is 2.15 bits per heavy atom. The molecule has 1 fully saturated rings. The Morgan fingerprint density at radius 3 is 2.85 bits per heavy atom. The van der Waals surface area contributed by atoms with Gasteiger partial charge in [-0.2, -0.15) is 17.4 Å². The van der Waals surface area contributed by atoms with Gasteiger partial charge in [-0.05, 0) is 24.8 Å². The zero-order valence-corrected chi connectivity index (χ0v) is 12.8. The Hall–Kier alpha value is -1.11. The molecule has 1 unspecified atom stereocenters. The van der Waals surface area contributed by atoms with Crippen LogP contribution in [0.3, 0.4) is 0 Å². The number of ether oxygens (including phenoxy) is 1. The van der Waals surface area contributed by atoms with E-state index in [-0.39, 0.29) is 6.54 Å². The van der Waals surface area contributed by atoms with Crippen molar-refractivity contribution in [1.82, 2.24) is 9.03 Å². The number of rotatable bonds is 5. The van der Waals surface area contributed by atoms with Crippen LogP contribution in [0, 0.1) is 5.92 Å². The highest BCUT2D eigenvalue weighted by Gasteiger charge is 2.26. The molecule has 1 atom stereocenters. The van der Waals surface area contributed by atoms with Gasteiger partial charge in [-0.15, -0.1) is 0 Å². The van der Waals surface area contributed by atoms with Gasteiger partial charge < -0.3 is 4.74 Å². The molecule has 0 radical (unpaired) electrons. The summed E-state index contributed by atoms with van der Waals surface area (Å²) >= 11 is 0.